The standard InChI is InChI=1S/C13H16FN3/c1-2-4-12-16-7-8-17(12)13-10(9-15)5-3-6-11(13)14/h3,5-8H,2,4,9,15H2,1H3. The molecule has 0 bridgehead atoms. The van der Waals surface area contributed by atoms with Crippen LogP contribution in [-0.4, -0.2) is 9.55 Å². The van der Waals surface area contributed by atoms with E-state index < -0.39 is 0 Å². The number of aryl methyl sites for hydroxylation is 1. The van der Waals surface area contributed by atoms with Crippen molar-refractivity contribution in [2.24, 2.45) is 5.73 Å². The van der Waals surface area contributed by atoms with Crippen LogP contribution in [0.2, 0.25) is 0 Å². The molecule has 0 amide bonds. The molecule has 0 radical (unpaired) electrons. The molecule has 2 N–H and O–H groups in total. The second-order valence-corrected chi connectivity index (χ2v) is 3.92. The lowest BCUT2D eigenvalue weighted by Gasteiger charge is -2.12. The molecule has 0 saturated heterocycles. The number of benzene rings is 1. The summed E-state index contributed by atoms with van der Waals surface area (Å²) in [6.07, 6.45) is 5.27. The van der Waals surface area contributed by atoms with Crippen LogP contribution < -0.4 is 5.73 Å². The van der Waals surface area contributed by atoms with E-state index in [2.05, 4.69) is 11.9 Å². The predicted octanol–water partition coefficient (Wildman–Crippen LogP) is 2.42. The molecular weight excluding hydrogens is 217 g/mol. The third-order valence-electron chi connectivity index (χ3n) is 2.72. The number of hydrogen-bond acceptors (Lipinski definition) is 2. The Balaban J connectivity index is 2.55. The Morgan fingerprint density at radius 3 is 2.94 bits per heavy atom. The lowest BCUT2D eigenvalue weighted by atomic mass is 10.1. The zero-order valence-corrected chi connectivity index (χ0v) is 9.86. The van der Waals surface area contributed by atoms with Gasteiger partial charge in [0.15, 0.2) is 0 Å². The number of imidazole rings is 1. The van der Waals surface area contributed by atoms with Crippen LogP contribution in [0.15, 0.2) is 30.6 Å². The Morgan fingerprint density at radius 2 is 2.24 bits per heavy atom. The molecule has 0 saturated carbocycles. The molecule has 3 nitrogen and oxygen atoms in total. The van der Waals surface area contributed by atoms with Gasteiger partial charge in [0.2, 0.25) is 0 Å². The third-order valence-corrected chi connectivity index (χ3v) is 2.72. The number of hydrogen-bond donors (Lipinski definition) is 1. The van der Waals surface area contributed by atoms with Gasteiger partial charge in [-0.3, -0.25) is 0 Å². The van der Waals surface area contributed by atoms with Gasteiger partial charge in [-0.25, -0.2) is 9.37 Å². The minimum atomic E-state index is -0.261. The van der Waals surface area contributed by atoms with Gasteiger partial charge in [0.05, 0.1) is 5.69 Å². The Labute approximate surface area is 100 Å². The van der Waals surface area contributed by atoms with Gasteiger partial charge in [-0.1, -0.05) is 19.1 Å². The van der Waals surface area contributed by atoms with Crippen molar-refractivity contribution in [3.63, 3.8) is 0 Å². The first kappa shape index (κ1) is 11.8. The summed E-state index contributed by atoms with van der Waals surface area (Å²) in [7, 11) is 0. The summed E-state index contributed by atoms with van der Waals surface area (Å²) < 4.78 is 15.7. The molecular formula is C13H16FN3. The first-order valence-corrected chi connectivity index (χ1v) is 5.78. The summed E-state index contributed by atoms with van der Waals surface area (Å²) in [4.78, 5) is 4.25. The molecule has 1 aromatic heterocycles. The fraction of sp³-hybridized carbons (Fsp3) is 0.308. The topological polar surface area (TPSA) is 43.8 Å². The zero-order chi connectivity index (χ0) is 12.3. The summed E-state index contributed by atoms with van der Waals surface area (Å²) in [6.45, 7) is 2.39. The second kappa shape index (κ2) is 5.10. The van der Waals surface area contributed by atoms with E-state index in [0.717, 1.165) is 24.2 Å². The van der Waals surface area contributed by atoms with Crippen molar-refractivity contribution < 1.29 is 4.39 Å². The number of para-hydroxylation sites is 1. The van der Waals surface area contributed by atoms with Gasteiger partial charge in [-0.2, -0.15) is 0 Å². The maximum absolute atomic E-state index is 13.9. The highest BCUT2D eigenvalue weighted by molar-refractivity contribution is 5.43. The molecule has 0 fully saturated rings. The molecule has 17 heavy (non-hydrogen) atoms. The molecule has 90 valence electrons. The van der Waals surface area contributed by atoms with Crippen LogP contribution in [0.5, 0.6) is 0 Å². The van der Waals surface area contributed by atoms with Gasteiger partial charge < -0.3 is 10.3 Å². The maximum Gasteiger partial charge on any atom is 0.147 e. The van der Waals surface area contributed by atoms with Crippen molar-refractivity contribution in [2.75, 3.05) is 0 Å². The van der Waals surface area contributed by atoms with Crippen molar-refractivity contribution in [1.29, 1.82) is 0 Å². The molecule has 0 unspecified atom stereocenters. The Morgan fingerprint density at radius 1 is 1.41 bits per heavy atom. The van der Waals surface area contributed by atoms with Gasteiger partial charge in [0.1, 0.15) is 11.6 Å². The monoisotopic (exact) mass is 233 g/mol. The second-order valence-electron chi connectivity index (χ2n) is 3.92. The largest absolute Gasteiger partial charge is 0.326 e. The maximum atomic E-state index is 13.9. The first-order valence-electron chi connectivity index (χ1n) is 5.78. The quantitative estimate of drug-likeness (QED) is 0.881. The van der Waals surface area contributed by atoms with E-state index in [1.54, 1.807) is 23.0 Å². The van der Waals surface area contributed by atoms with E-state index in [1.165, 1.54) is 6.07 Å². The number of halogens is 1. The Bertz CT molecular complexity index is 505. The fourth-order valence-corrected chi connectivity index (χ4v) is 1.94. The SMILES string of the molecule is CCCc1nccn1-c1c(F)cccc1CN. The van der Waals surface area contributed by atoms with E-state index in [-0.39, 0.29) is 5.82 Å². The van der Waals surface area contributed by atoms with E-state index in [1.807, 2.05) is 6.07 Å². The lowest BCUT2D eigenvalue weighted by molar-refractivity contribution is 0.611. The molecule has 2 rings (SSSR count). The molecule has 1 aromatic carbocycles. The van der Waals surface area contributed by atoms with Gasteiger partial charge in [0.25, 0.3) is 0 Å². The first-order chi connectivity index (χ1) is 8.27. The van der Waals surface area contributed by atoms with Crippen LogP contribution in [0.1, 0.15) is 24.7 Å². The Kier molecular flexibility index (Phi) is 3.54. The van der Waals surface area contributed by atoms with Crippen molar-refractivity contribution >= 4 is 0 Å². The molecule has 0 atom stereocenters. The van der Waals surface area contributed by atoms with Crippen LogP contribution in [0.4, 0.5) is 4.39 Å². The van der Waals surface area contributed by atoms with Gasteiger partial charge in [-0.05, 0) is 18.1 Å². The Hall–Kier alpha value is -1.68. The number of nitrogens with two attached hydrogens (primary N) is 1. The summed E-state index contributed by atoms with van der Waals surface area (Å²) in [5.41, 5.74) is 6.97. The highest BCUT2D eigenvalue weighted by Gasteiger charge is 2.12. The smallest absolute Gasteiger partial charge is 0.147 e. The average Bonchev–Trinajstić information content (AvgIpc) is 2.77. The van der Waals surface area contributed by atoms with Gasteiger partial charge in [0, 0.05) is 25.4 Å². The minimum absolute atomic E-state index is 0.261. The average molecular weight is 233 g/mol. The van der Waals surface area contributed by atoms with E-state index in [0.29, 0.717) is 12.2 Å². The zero-order valence-electron chi connectivity index (χ0n) is 9.86. The molecule has 0 spiro atoms. The van der Waals surface area contributed by atoms with Gasteiger partial charge >= 0.3 is 0 Å². The number of nitrogens with zero attached hydrogens (tertiary/aromatic N) is 2. The van der Waals surface area contributed by atoms with E-state index in [9.17, 15) is 4.39 Å². The molecule has 0 aliphatic carbocycles. The summed E-state index contributed by atoms with van der Waals surface area (Å²) >= 11 is 0. The van der Waals surface area contributed by atoms with Crippen molar-refractivity contribution in [3.05, 3.63) is 47.8 Å². The van der Waals surface area contributed by atoms with E-state index >= 15 is 0 Å². The van der Waals surface area contributed by atoms with Crippen molar-refractivity contribution in [2.45, 2.75) is 26.3 Å². The normalized spacial score (nSPS) is 10.8. The molecule has 0 aliphatic rings. The van der Waals surface area contributed by atoms with Crippen LogP contribution in [-0.2, 0) is 13.0 Å². The molecule has 4 heteroatoms. The highest BCUT2D eigenvalue weighted by atomic mass is 19.1. The molecule has 2 aromatic rings. The third kappa shape index (κ3) is 2.22. The van der Waals surface area contributed by atoms with Crippen LogP contribution >= 0.6 is 0 Å². The summed E-state index contributed by atoms with van der Waals surface area (Å²) in [5, 5.41) is 0. The fourth-order valence-electron chi connectivity index (χ4n) is 1.94. The predicted molar refractivity (Wildman–Crippen MR) is 65.4 cm³/mol. The summed E-state index contributed by atoms with van der Waals surface area (Å²) in [6, 6.07) is 4.97. The van der Waals surface area contributed by atoms with Gasteiger partial charge in [-0.15, -0.1) is 0 Å². The summed E-state index contributed by atoms with van der Waals surface area (Å²) in [5.74, 6) is 0.607. The number of rotatable bonds is 4. The lowest BCUT2D eigenvalue weighted by Crippen LogP contribution is -2.09. The van der Waals surface area contributed by atoms with Crippen molar-refractivity contribution in [1.82, 2.24) is 9.55 Å². The number of aromatic nitrogens is 2. The van der Waals surface area contributed by atoms with Crippen LogP contribution in [0.25, 0.3) is 5.69 Å². The van der Waals surface area contributed by atoms with Crippen LogP contribution in [0, 0.1) is 5.82 Å². The highest BCUT2D eigenvalue weighted by Crippen LogP contribution is 2.20. The van der Waals surface area contributed by atoms with Crippen molar-refractivity contribution in [3.8, 4) is 5.69 Å². The van der Waals surface area contributed by atoms with Crippen LogP contribution in [0.3, 0.4) is 0 Å². The molecule has 0 aliphatic heterocycles. The van der Waals surface area contributed by atoms with E-state index in [4.69, 9.17) is 5.73 Å². The molecule has 1 heterocycles. The minimum Gasteiger partial charge on any atom is -0.326 e.